The molecular weight excluding hydrogens is 2150 g/mol. The number of nitrogens with one attached hydrogen (secondary N) is 4. The van der Waals surface area contributed by atoms with Gasteiger partial charge in [0, 0.05) is 211 Å². The van der Waals surface area contributed by atoms with Crippen molar-refractivity contribution in [3.63, 3.8) is 0 Å². The van der Waals surface area contributed by atoms with Crippen molar-refractivity contribution in [2.24, 2.45) is 4.99 Å². The zero-order valence-electron chi connectivity index (χ0n) is 84.3. The van der Waals surface area contributed by atoms with Gasteiger partial charge in [0.25, 0.3) is 22.9 Å². The molecule has 0 radical (unpaired) electrons. The summed E-state index contributed by atoms with van der Waals surface area (Å²) in [4.78, 5) is 82.0. The Balaban J connectivity index is 0.000000173. The fourth-order valence-electron chi connectivity index (χ4n) is 19.7. The van der Waals surface area contributed by atoms with Crippen LogP contribution in [0.3, 0.4) is 0 Å². The van der Waals surface area contributed by atoms with Gasteiger partial charge in [0.05, 0.1) is 108 Å². The standard InChI is InChI=1S/2C25H31F2N5O4.2C16H20BrF2N3O.C16H21BrN2O.C2HClF2O2.Na/c1-5-31(16-6-8-36-9-7-16)22-15(3)17(11-20-18(22)13-29-32(20)25(26)27)23(33)28-12-19-21(35-4)10-14(2)30-24(19)34;1-5-31(16-6-8-36-9-7-16)22-15(3)17(11-20-19(22)13-32(30-20)25(26)27)23(33)28-12-18-21(35-4)10-14(2)29-24(18)34;1-3-21(11-4-6-23-7-5-11)15-10(2)13(17)8-14-12(15)9-22(20-14)16(18)19;1-3-21(11-4-6-23-7-5-11)15-10(2)13(17)8-14-12(15)9-20-22(14)16(18)19;1-3-19(13-4-6-20-7-5-13)16-11(2)15(17)8-12-9-18-10-14(12)16;3-2(4,5)1(6)7;/h10-11,13,16,25H,5-9,12H2,1-4H3,(H,28,33)(H,30,34);10-11,13,16,25H,5-9,12H2,1-4H3,(H,28,33)(H,29,34);2*8-9,11,16H,3-7H2,1-2H3;8,10,13H,3-7,9H2,1-2H3;(H,6,7);/q;;;;;;+1/p-1. The zero-order chi connectivity index (χ0) is 105. The second-order valence-corrected chi connectivity index (χ2v) is 38.6. The summed E-state index contributed by atoms with van der Waals surface area (Å²) in [5, 5.41) is 28.9. The van der Waals surface area contributed by atoms with Crippen molar-refractivity contribution < 1.29 is 126 Å². The smallest absolute Gasteiger partial charge is 0.543 e. The quantitative estimate of drug-likeness (QED) is 0.0201. The third-order valence-electron chi connectivity index (χ3n) is 26.9. The number of alkyl halides is 11. The number of hydrogen-bond acceptors (Lipinski definition) is 23. The maximum Gasteiger partial charge on any atom is 1.00 e. The molecule has 0 spiro atoms. The number of carbonyl (C=O) groups excluding carboxylic acids is 3. The number of rotatable bonds is 28. The Labute approximate surface area is 891 Å². The molecule has 6 aromatic heterocycles. The number of aromatic nitrogens is 10. The maximum absolute atomic E-state index is 13.8. The van der Waals surface area contributed by atoms with E-state index in [1.165, 1.54) is 71.8 Å². The fourth-order valence-corrected chi connectivity index (χ4v) is 21.0. The Hall–Kier alpha value is -9.61. The Bertz CT molecular complexity index is 6420. The van der Waals surface area contributed by atoms with Gasteiger partial charge in [-0.05, 0) is 235 Å². The number of carbonyl (C=O) groups is 3. The van der Waals surface area contributed by atoms with Crippen molar-refractivity contribution in [1.82, 2.24) is 59.7 Å². The Morgan fingerprint density at radius 2 is 0.781 bits per heavy atom. The second kappa shape index (κ2) is 53.2. The number of halogens is 14. The first-order valence-corrected chi connectivity index (χ1v) is 50.9. The van der Waals surface area contributed by atoms with Crippen LogP contribution < -0.4 is 90.4 Å². The molecule has 31 nitrogen and oxygen atoms in total. The predicted octanol–water partition coefficient (Wildman–Crippen LogP) is 16.6. The molecule has 790 valence electrons. The van der Waals surface area contributed by atoms with E-state index in [0.717, 1.165) is 182 Å². The molecule has 5 saturated heterocycles. The molecule has 0 atom stereocenters. The summed E-state index contributed by atoms with van der Waals surface area (Å²) in [5.41, 5.74) is 15.4. The summed E-state index contributed by atoms with van der Waals surface area (Å²) < 4.78 is 173. The van der Waals surface area contributed by atoms with Crippen LogP contribution in [0.4, 0.5) is 72.3 Å². The third-order valence-corrected chi connectivity index (χ3v) is 29.5. The second-order valence-electron chi connectivity index (χ2n) is 35.5. The first kappa shape index (κ1) is 117. The molecule has 0 aliphatic carbocycles. The van der Waals surface area contributed by atoms with Crippen molar-refractivity contribution in [1.29, 1.82) is 0 Å². The number of aliphatic carboxylic acids is 1. The third kappa shape index (κ3) is 27.2. The summed E-state index contributed by atoms with van der Waals surface area (Å²) in [7, 11) is 2.91. The summed E-state index contributed by atoms with van der Waals surface area (Å²) in [6, 6.07) is 13.7. The van der Waals surface area contributed by atoms with Crippen molar-refractivity contribution in [2.75, 3.05) is 138 Å². The van der Waals surface area contributed by atoms with Crippen molar-refractivity contribution in [3.05, 3.63) is 174 Å². The van der Waals surface area contributed by atoms with Crippen LogP contribution in [0.2, 0.25) is 0 Å². The number of aromatic amines is 2. The van der Waals surface area contributed by atoms with Gasteiger partial charge < -0.3 is 88.2 Å². The normalized spacial score (nSPS) is 15.3. The number of pyridine rings is 2. The maximum atomic E-state index is 13.8. The molecule has 46 heteroatoms. The van der Waals surface area contributed by atoms with Crippen molar-refractivity contribution in [2.45, 2.75) is 229 Å². The largest absolute Gasteiger partial charge is 1.00 e. The van der Waals surface area contributed by atoms with E-state index in [-0.39, 0.29) is 88.1 Å². The van der Waals surface area contributed by atoms with Crippen LogP contribution >= 0.6 is 59.4 Å². The number of carboxylic acids is 1. The number of aryl methyl sites for hydroxylation is 2. The first-order valence-electron chi connectivity index (χ1n) is 48.2. The van der Waals surface area contributed by atoms with Gasteiger partial charge in [-0.25, -0.2) is 18.7 Å². The Morgan fingerprint density at radius 3 is 1.12 bits per heavy atom. The van der Waals surface area contributed by atoms with E-state index in [9.17, 15) is 63.1 Å². The number of anilines is 5. The number of nitrogens with zero attached hydrogens (tertiary/aromatic N) is 14. The molecule has 6 aliphatic rings. The number of H-pyrrole nitrogens is 2. The monoisotopic (exact) mass is 2270 g/mol. The van der Waals surface area contributed by atoms with E-state index in [0.29, 0.717) is 145 Å². The number of ether oxygens (including phenoxy) is 7. The van der Waals surface area contributed by atoms with E-state index >= 15 is 0 Å². The van der Waals surface area contributed by atoms with E-state index in [1.54, 1.807) is 38.2 Å². The molecule has 12 heterocycles. The molecule has 0 saturated carbocycles. The van der Waals surface area contributed by atoms with Crippen LogP contribution in [0.1, 0.15) is 207 Å². The summed E-state index contributed by atoms with van der Waals surface area (Å²) >= 11 is 14.7. The Kier molecular flexibility index (Phi) is 42.5. The van der Waals surface area contributed by atoms with Gasteiger partial charge in [-0.3, -0.25) is 24.2 Å². The van der Waals surface area contributed by atoms with Gasteiger partial charge in [0.1, 0.15) is 17.5 Å². The first-order chi connectivity index (χ1) is 69.2. The summed E-state index contributed by atoms with van der Waals surface area (Å²) in [6.45, 7) is 24.6. The summed E-state index contributed by atoms with van der Waals surface area (Å²) in [5.74, 6) is -2.77. The molecule has 2 amide bonds. The van der Waals surface area contributed by atoms with Crippen molar-refractivity contribution in [3.8, 4) is 11.5 Å². The summed E-state index contributed by atoms with van der Waals surface area (Å²) in [6.07, 6.45) is 17.0. The number of carboxylic acid groups (broad SMARTS) is 1. The number of methoxy groups -OCH3 is 2. The topological polar surface area (TPSA) is 328 Å². The van der Waals surface area contributed by atoms with Crippen LogP contribution in [0.5, 0.6) is 11.5 Å². The van der Waals surface area contributed by atoms with E-state index < -0.39 is 49.4 Å². The van der Waals surface area contributed by atoms with Crippen LogP contribution in [0, 0.1) is 48.5 Å². The van der Waals surface area contributed by atoms with E-state index in [4.69, 9.17) is 43.1 Å². The van der Waals surface area contributed by atoms with Gasteiger partial charge in [0.2, 0.25) is 0 Å². The molecule has 0 bridgehead atoms. The minimum Gasteiger partial charge on any atom is -0.543 e. The minimum atomic E-state index is -4.22. The molecule has 146 heavy (non-hydrogen) atoms. The van der Waals surface area contributed by atoms with Gasteiger partial charge in [-0.15, -0.1) is 0 Å². The van der Waals surface area contributed by atoms with Crippen LogP contribution in [-0.2, 0) is 48.1 Å². The number of hydrogen-bond donors (Lipinski definition) is 4. The predicted molar refractivity (Wildman–Crippen MR) is 548 cm³/mol. The molecule has 5 aromatic carbocycles. The number of amides is 2. The van der Waals surface area contributed by atoms with Gasteiger partial charge in [0.15, 0.2) is 0 Å². The number of fused-ring (bicyclic) bond motifs is 5. The average molecular weight is 2270 g/mol. The zero-order valence-corrected chi connectivity index (χ0v) is 91.8. The van der Waals surface area contributed by atoms with E-state index in [1.807, 2.05) is 53.8 Å². The minimum absolute atomic E-state index is 0. The molecule has 4 N–H and O–H groups in total. The average Bonchev–Trinajstić information content (AvgIpc) is 1.36. The number of benzene rings is 5. The molecule has 0 unspecified atom stereocenters. The number of aliphatic imine (C=N–C) groups is 1. The SMILES string of the molecule is CCN(c1c(C)c(Br)cc2c1C=NC2)C1CCOCC1.CCN(c1c(C)c(Br)cc2c1cnn2C(F)F)C1CCOCC1.CCN(c1c(C)c(Br)cc2nn(C(F)F)cc12)C1CCOCC1.CCN(c1c(C)c(C(=O)NCc2c(OC)cc(C)[nH]c2=O)cc2c1cnn2C(F)F)C1CCOCC1.CCN(c1c(C)c(C(=O)NCc2c(OC)cc(C)[nH]c2=O)cc2nn(C(F)F)cc12)C1CCOCC1.O=C([O-])C(F)(F)Cl.[Na+]. The Morgan fingerprint density at radius 1 is 0.473 bits per heavy atom. The molecule has 5 fully saturated rings. The molecule has 6 aliphatic heterocycles. The van der Waals surface area contributed by atoms with E-state index in [2.05, 4.69) is 164 Å². The van der Waals surface area contributed by atoms with Crippen LogP contribution in [-0.4, -0.2) is 222 Å². The van der Waals surface area contributed by atoms with Crippen LogP contribution in [0.25, 0.3) is 43.6 Å². The fraction of sp³-hybridized carbons (Fsp3) is 0.520. The molecule has 17 rings (SSSR count). The molecule has 11 aromatic rings. The van der Waals surface area contributed by atoms with Gasteiger partial charge in [-0.2, -0.15) is 64.3 Å². The van der Waals surface area contributed by atoms with Gasteiger partial charge >= 0.3 is 61.1 Å². The molecular formula is C100H123Br3ClF10N18NaO13. The van der Waals surface area contributed by atoms with Gasteiger partial charge in [-0.1, -0.05) is 47.8 Å². The van der Waals surface area contributed by atoms with Crippen LogP contribution in [0.15, 0.2) is 95.3 Å². The van der Waals surface area contributed by atoms with Crippen molar-refractivity contribution >= 4 is 155 Å².